The fraction of sp³-hybridized carbons (Fsp3) is 0.214. The Morgan fingerprint density at radius 3 is 2.14 bits per heavy atom. The molecule has 0 saturated heterocycles. The van der Waals surface area contributed by atoms with Crippen molar-refractivity contribution in [1.29, 1.82) is 0 Å². The molecule has 0 radical (unpaired) electrons. The molecule has 5 rings (SSSR count). The quantitative estimate of drug-likeness (QED) is 0.278. The van der Waals surface area contributed by atoms with Crippen LogP contribution in [0, 0.1) is 0 Å². The van der Waals surface area contributed by atoms with Gasteiger partial charge in [0.15, 0.2) is 17.3 Å². The number of allylic oxidation sites excluding steroid dienone is 1. The van der Waals surface area contributed by atoms with E-state index in [1.807, 2.05) is 12.1 Å². The smallest absolute Gasteiger partial charge is 0.312 e. The van der Waals surface area contributed by atoms with Crippen molar-refractivity contribution in [2.45, 2.75) is 12.3 Å². The van der Waals surface area contributed by atoms with Crippen molar-refractivity contribution >= 4 is 17.8 Å². The monoisotopic (exact) mass is 488 g/mol. The Labute approximate surface area is 207 Å². The van der Waals surface area contributed by atoms with E-state index >= 15 is 0 Å². The Morgan fingerprint density at radius 1 is 0.833 bits per heavy atom. The number of esters is 1. The fourth-order valence-electron chi connectivity index (χ4n) is 4.54. The molecule has 2 aliphatic rings. The number of ketones is 1. The van der Waals surface area contributed by atoms with E-state index in [4.69, 9.17) is 28.4 Å². The molecule has 0 spiro atoms. The molecule has 1 unspecified atom stereocenters. The first-order valence-electron chi connectivity index (χ1n) is 11.2. The summed E-state index contributed by atoms with van der Waals surface area (Å²) in [5.74, 6) is 1.88. The van der Waals surface area contributed by atoms with Crippen molar-refractivity contribution in [1.82, 2.24) is 0 Å². The van der Waals surface area contributed by atoms with Crippen LogP contribution in [0.15, 0.2) is 54.3 Å². The van der Waals surface area contributed by atoms with Crippen molar-refractivity contribution in [3.63, 3.8) is 0 Å². The van der Waals surface area contributed by atoms with E-state index in [1.54, 1.807) is 49.6 Å². The molecule has 0 saturated carbocycles. The standard InChI is InChI=1S/C28H24O8/c1-31-17-7-5-15(6-8-17)11-21-26(30)18-9-10-20-25(27(18)36-21)19(14-24(29)35-20)16-12-22(32-2)28(34-4)23(13-16)33-3/h5-13,19H,14H2,1-4H3/b21-11-. The van der Waals surface area contributed by atoms with Crippen LogP contribution < -0.4 is 28.4 Å². The van der Waals surface area contributed by atoms with E-state index in [-0.39, 0.29) is 23.9 Å². The van der Waals surface area contributed by atoms with Crippen molar-refractivity contribution in [3.8, 4) is 34.5 Å². The van der Waals surface area contributed by atoms with Gasteiger partial charge in [0.1, 0.15) is 17.2 Å². The van der Waals surface area contributed by atoms with Gasteiger partial charge < -0.3 is 28.4 Å². The lowest BCUT2D eigenvalue weighted by atomic mass is 9.84. The lowest BCUT2D eigenvalue weighted by molar-refractivity contribution is -0.135. The van der Waals surface area contributed by atoms with Gasteiger partial charge >= 0.3 is 5.97 Å². The molecule has 1 atom stereocenters. The zero-order chi connectivity index (χ0) is 25.4. The first kappa shape index (κ1) is 23.3. The second kappa shape index (κ2) is 9.30. The summed E-state index contributed by atoms with van der Waals surface area (Å²) in [5, 5.41) is 0. The summed E-state index contributed by atoms with van der Waals surface area (Å²) in [6.07, 6.45) is 1.73. The summed E-state index contributed by atoms with van der Waals surface area (Å²) in [6, 6.07) is 14.1. The molecule has 8 heteroatoms. The van der Waals surface area contributed by atoms with Crippen LogP contribution in [0.4, 0.5) is 0 Å². The molecular weight excluding hydrogens is 464 g/mol. The van der Waals surface area contributed by atoms with Crippen molar-refractivity contribution < 1.29 is 38.0 Å². The molecule has 0 aromatic heterocycles. The Bertz CT molecular complexity index is 1360. The second-order valence-electron chi connectivity index (χ2n) is 8.26. The zero-order valence-electron chi connectivity index (χ0n) is 20.2. The maximum Gasteiger partial charge on any atom is 0.312 e. The largest absolute Gasteiger partial charge is 0.497 e. The Balaban J connectivity index is 1.61. The van der Waals surface area contributed by atoms with Gasteiger partial charge in [-0.15, -0.1) is 0 Å². The van der Waals surface area contributed by atoms with E-state index in [2.05, 4.69) is 0 Å². The van der Waals surface area contributed by atoms with Crippen molar-refractivity contribution in [3.05, 3.63) is 76.5 Å². The summed E-state index contributed by atoms with van der Waals surface area (Å²) in [6.45, 7) is 0. The topological polar surface area (TPSA) is 89.5 Å². The third-order valence-corrected chi connectivity index (χ3v) is 6.28. The lowest BCUT2D eigenvalue weighted by Crippen LogP contribution is -2.21. The summed E-state index contributed by atoms with van der Waals surface area (Å²) >= 11 is 0. The molecule has 8 nitrogen and oxygen atoms in total. The van der Waals surface area contributed by atoms with Crippen LogP contribution in [-0.2, 0) is 4.79 Å². The van der Waals surface area contributed by atoms with E-state index in [0.717, 1.165) is 11.1 Å². The number of rotatable bonds is 6. The lowest BCUT2D eigenvalue weighted by Gasteiger charge is -2.27. The van der Waals surface area contributed by atoms with E-state index < -0.39 is 5.92 Å². The highest BCUT2D eigenvalue weighted by Gasteiger charge is 2.39. The minimum absolute atomic E-state index is 0.0527. The molecule has 2 aliphatic heterocycles. The normalized spacial score (nSPS) is 17.1. The van der Waals surface area contributed by atoms with E-state index in [9.17, 15) is 9.59 Å². The van der Waals surface area contributed by atoms with E-state index in [0.29, 0.717) is 45.6 Å². The van der Waals surface area contributed by atoms with Gasteiger partial charge in [-0.3, -0.25) is 9.59 Å². The van der Waals surface area contributed by atoms with Crippen LogP contribution >= 0.6 is 0 Å². The number of carbonyl (C=O) groups is 2. The predicted octanol–water partition coefficient (Wildman–Crippen LogP) is 4.78. The van der Waals surface area contributed by atoms with Gasteiger partial charge in [-0.1, -0.05) is 12.1 Å². The number of fused-ring (bicyclic) bond motifs is 3. The van der Waals surface area contributed by atoms with Gasteiger partial charge in [0.25, 0.3) is 0 Å². The number of hydrogen-bond donors (Lipinski definition) is 0. The van der Waals surface area contributed by atoms with Gasteiger partial charge in [0.05, 0.1) is 40.4 Å². The first-order valence-corrected chi connectivity index (χ1v) is 11.2. The van der Waals surface area contributed by atoms with Gasteiger partial charge in [0.2, 0.25) is 11.5 Å². The Kier molecular flexibility index (Phi) is 6.01. The molecule has 0 aliphatic carbocycles. The molecule has 184 valence electrons. The molecule has 0 N–H and O–H groups in total. The molecule has 3 aromatic rings. The summed E-state index contributed by atoms with van der Waals surface area (Å²) in [5.41, 5.74) is 2.55. The number of benzene rings is 3. The molecule has 0 fully saturated rings. The van der Waals surface area contributed by atoms with Crippen LogP contribution in [0.2, 0.25) is 0 Å². The van der Waals surface area contributed by atoms with Crippen LogP contribution in [0.3, 0.4) is 0 Å². The minimum atomic E-state index is -0.460. The average Bonchev–Trinajstić information content (AvgIpc) is 3.22. The fourth-order valence-corrected chi connectivity index (χ4v) is 4.54. The molecular formula is C28H24O8. The number of carbonyl (C=O) groups excluding carboxylic acids is 2. The first-order chi connectivity index (χ1) is 17.5. The van der Waals surface area contributed by atoms with Crippen LogP contribution in [0.1, 0.15) is 39.4 Å². The van der Waals surface area contributed by atoms with Gasteiger partial charge in [-0.25, -0.2) is 0 Å². The maximum absolute atomic E-state index is 13.2. The third kappa shape index (κ3) is 3.90. The Morgan fingerprint density at radius 2 is 1.53 bits per heavy atom. The molecule has 0 amide bonds. The Hall–Kier alpha value is -4.46. The average molecular weight is 488 g/mol. The van der Waals surface area contributed by atoms with Gasteiger partial charge in [0, 0.05) is 11.5 Å². The second-order valence-corrected chi connectivity index (χ2v) is 8.26. The minimum Gasteiger partial charge on any atom is -0.497 e. The summed E-state index contributed by atoms with van der Waals surface area (Å²) < 4.78 is 33.3. The maximum atomic E-state index is 13.2. The van der Waals surface area contributed by atoms with Gasteiger partial charge in [-0.2, -0.15) is 0 Å². The number of ether oxygens (including phenoxy) is 6. The predicted molar refractivity (Wildman–Crippen MR) is 131 cm³/mol. The van der Waals surface area contributed by atoms with E-state index in [1.165, 1.54) is 21.3 Å². The molecule has 3 aromatic carbocycles. The highest BCUT2D eigenvalue weighted by atomic mass is 16.5. The summed E-state index contributed by atoms with van der Waals surface area (Å²) in [4.78, 5) is 25.7. The van der Waals surface area contributed by atoms with Crippen molar-refractivity contribution in [2.75, 3.05) is 28.4 Å². The van der Waals surface area contributed by atoms with Gasteiger partial charge in [-0.05, 0) is 53.6 Å². The van der Waals surface area contributed by atoms with Crippen LogP contribution in [0.5, 0.6) is 34.5 Å². The number of Topliss-reactive ketones (excluding diaryl/α,β-unsaturated/α-hetero) is 1. The number of methoxy groups -OCH3 is 4. The van der Waals surface area contributed by atoms with Crippen LogP contribution in [0.25, 0.3) is 6.08 Å². The van der Waals surface area contributed by atoms with Crippen molar-refractivity contribution in [2.24, 2.45) is 0 Å². The third-order valence-electron chi connectivity index (χ3n) is 6.28. The summed E-state index contributed by atoms with van der Waals surface area (Å²) in [7, 11) is 6.17. The molecule has 0 bridgehead atoms. The highest BCUT2D eigenvalue weighted by molar-refractivity contribution is 6.15. The SMILES string of the molecule is COc1ccc(/C=C2\Oc3c(ccc4c3C(c3cc(OC)c(OC)c(OC)c3)CC(=O)O4)C2=O)cc1. The van der Waals surface area contributed by atoms with Crippen LogP contribution in [-0.4, -0.2) is 40.2 Å². The number of hydrogen-bond acceptors (Lipinski definition) is 8. The molecule has 36 heavy (non-hydrogen) atoms. The molecule has 2 heterocycles. The zero-order valence-corrected chi connectivity index (χ0v) is 20.2. The highest BCUT2D eigenvalue weighted by Crippen LogP contribution is 2.51.